The molecule has 0 fully saturated rings. The first-order chi connectivity index (χ1) is 9.58. The molecule has 1 N–H and O–H groups in total. The Bertz CT molecular complexity index is 810. The predicted molar refractivity (Wildman–Crippen MR) is 82.5 cm³/mol. The SMILES string of the molecule is Cc1sc2nc(-c3cccs3)c(/C=C/C(=O)O)n2c1C. The fourth-order valence-corrected chi connectivity index (χ4v) is 3.77. The molecule has 0 saturated carbocycles. The Balaban J connectivity index is 2.29. The molecule has 3 aromatic rings. The number of fused-ring (bicyclic) bond motifs is 1. The van der Waals surface area contributed by atoms with Crippen LogP contribution in [0, 0.1) is 13.8 Å². The van der Waals surface area contributed by atoms with Gasteiger partial charge in [-0.3, -0.25) is 4.40 Å². The number of nitrogens with zero attached hydrogens (tertiary/aromatic N) is 2. The van der Waals surface area contributed by atoms with Gasteiger partial charge in [0.15, 0.2) is 4.96 Å². The van der Waals surface area contributed by atoms with Crippen molar-refractivity contribution in [3.63, 3.8) is 0 Å². The summed E-state index contributed by atoms with van der Waals surface area (Å²) >= 11 is 3.22. The number of thiophene rings is 1. The summed E-state index contributed by atoms with van der Waals surface area (Å²) in [6.07, 6.45) is 2.78. The number of aliphatic carboxylic acids is 1. The summed E-state index contributed by atoms with van der Waals surface area (Å²) in [5, 5.41) is 10.9. The molecular formula is C14H12N2O2S2. The Hall–Kier alpha value is -1.92. The van der Waals surface area contributed by atoms with Crippen LogP contribution in [-0.4, -0.2) is 20.5 Å². The first-order valence-corrected chi connectivity index (χ1v) is 7.71. The van der Waals surface area contributed by atoms with Crippen molar-refractivity contribution in [3.05, 3.63) is 39.9 Å². The molecule has 0 unspecified atom stereocenters. The molecular weight excluding hydrogens is 292 g/mol. The van der Waals surface area contributed by atoms with Crippen LogP contribution in [0.2, 0.25) is 0 Å². The van der Waals surface area contributed by atoms with Gasteiger partial charge in [-0.1, -0.05) is 6.07 Å². The second kappa shape index (κ2) is 4.88. The van der Waals surface area contributed by atoms with Gasteiger partial charge in [-0.25, -0.2) is 9.78 Å². The van der Waals surface area contributed by atoms with Crippen molar-refractivity contribution >= 4 is 39.7 Å². The fraction of sp³-hybridized carbons (Fsp3) is 0.143. The maximum Gasteiger partial charge on any atom is 0.328 e. The number of hydrogen-bond donors (Lipinski definition) is 1. The van der Waals surface area contributed by atoms with Crippen molar-refractivity contribution in [2.75, 3.05) is 0 Å². The third-order valence-corrected chi connectivity index (χ3v) is 5.04. The molecule has 0 amide bonds. The molecule has 3 heterocycles. The van der Waals surface area contributed by atoms with Gasteiger partial charge in [-0.2, -0.15) is 0 Å². The number of imidazole rings is 1. The highest BCUT2D eigenvalue weighted by Gasteiger charge is 2.17. The highest BCUT2D eigenvalue weighted by molar-refractivity contribution is 7.17. The number of thiazole rings is 1. The highest BCUT2D eigenvalue weighted by Crippen LogP contribution is 2.33. The minimum atomic E-state index is -0.957. The van der Waals surface area contributed by atoms with E-state index in [4.69, 9.17) is 5.11 Å². The van der Waals surface area contributed by atoms with E-state index in [2.05, 4.69) is 4.98 Å². The average Bonchev–Trinajstić information content (AvgIpc) is 3.06. The maximum atomic E-state index is 10.8. The fourth-order valence-electron chi connectivity index (χ4n) is 2.07. The van der Waals surface area contributed by atoms with Crippen molar-refractivity contribution in [1.82, 2.24) is 9.38 Å². The first kappa shape index (κ1) is 13.1. The summed E-state index contributed by atoms with van der Waals surface area (Å²) in [5.74, 6) is -0.957. The van der Waals surface area contributed by atoms with Crippen molar-refractivity contribution in [3.8, 4) is 10.6 Å². The minimum absolute atomic E-state index is 0.826. The Morgan fingerprint density at radius 3 is 2.90 bits per heavy atom. The summed E-state index contributed by atoms with van der Waals surface area (Å²) in [5.41, 5.74) is 2.77. The first-order valence-electron chi connectivity index (χ1n) is 6.01. The van der Waals surface area contributed by atoms with Crippen LogP contribution in [0.25, 0.3) is 21.6 Å². The number of hydrogen-bond acceptors (Lipinski definition) is 4. The van der Waals surface area contributed by atoms with Crippen LogP contribution in [0.3, 0.4) is 0 Å². The zero-order chi connectivity index (χ0) is 14.3. The van der Waals surface area contributed by atoms with E-state index in [1.54, 1.807) is 28.7 Å². The largest absolute Gasteiger partial charge is 0.478 e. The molecule has 3 rings (SSSR count). The molecule has 0 spiro atoms. The number of rotatable bonds is 3. The lowest BCUT2D eigenvalue weighted by Crippen LogP contribution is -1.92. The van der Waals surface area contributed by atoms with Crippen molar-refractivity contribution < 1.29 is 9.90 Å². The Morgan fingerprint density at radius 1 is 1.45 bits per heavy atom. The predicted octanol–water partition coefficient (Wildman–Crippen LogP) is 3.84. The lowest BCUT2D eigenvalue weighted by molar-refractivity contribution is -0.131. The molecule has 0 aliphatic rings. The molecule has 20 heavy (non-hydrogen) atoms. The number of carboxylic acids is 1. The lowest BCUT2D eigenvalue weighted by Gasteiger charge is -1.99. The van der Waals surface area contributed by atoms with E-state index in [1.807, 2.05) is 35.8 Å². The minimum Gasteiger partial charge on any atom is -0.478 e. The second-order valence-electron chi connectivity index (χ2n) is 4.36. The molecule has 3 aromatic heterocycles. The van der Waals surface area contributed by atoms with E-state index < -0.39 is 5.97 Å². The topological polar surface area (TPSA) is 54.6 Å². The van der Waals surface area contributed by atoms with E-state index in [-0.39, 0.29) is 0 Å². The smallest absolute Gasteiger partial charge is 0.328 e. The zero-order valence-electron chi connectivity index (χ0n) is 11.0. The van der Waals surface area contributed by atoms with Crippen LogP contribution in [-0.2, 0) is 4.79 Å². The Kier molecular flexibility index (Phi) is 3.19. The molecule has 0 aliphatic heterocycles. The third kappa shape index (κ3) is 2.07. The summed E-state index contributed by atoms with van der Waals surface area (Å²) in [7, 11) is 0. The van der Waals surface area contributed by atoms with Gasteiger partial charge in [-0.15, -0.1) is 22.7 Å². The molecule has 0 radical (unpaired) electrons. The quantitative estimate of drug-likeness (QED) is 0.748. The monoisotopic (exact) mass is 304 g/mol. The van der Waals surface area contributed by atoms with E-state index in [1.165, 1.54) is 4.88 Å². The normalized spacial score (nSPS) is 11.7. The van der Waals surface area contributed by atoms with Crippen LogP contribution < -0.4 is 0 Å². The number of carbonyl (C=O) groups is 1. The molecule has 0 aromatic carbocycles. The van der Waals surface area contributed by atoms with Crippen LogP contribution >= 0.6 is 22.7 Å². The molecule has 6 heteroatoms. The Labute approximate surface area is 123 Å². The maximum absolute atomic E-state index is 10.8. The van der Waals surface area contributed by atoms with E-state index in [0.717, 1.165) is 33.0 Å². The molecule has 0 aliphatic carbocycles. The molecule has 102 valence electrons. The van der Waals surface area contributed by atoms with Crippen LogP contribution in [0.1, 0.15) is 16.3 Å². The average molecular weight is 304 g/mol. The second-order valence-corrected chi connectivity index (χ2v) is 6.49. The van der Waals surface area contributed by atoms with E-state index in [9.17, 15) is 4.79 Å². The van der Waals surface area contributed by atoms with Gasteiger partial charge in [0.2, 0.25) is 0 Å². The molecule has 0 bridgehead atoms. The summed E-state index contributed by atoms with van der Waals surface area (Å²) < 4.78 is 2.02. The standard InChI is InChI=1S/C14H12N2O2S2/c1-8-9(2)20-14-15-13(11-4-3-7-19-11)10(16(8)14)5-6-12(17)18/h3-7H,1-2H3,(H,17,18)/b6-5+. The van der Waals surface area contributed by atoms with Gasteiger partial charge in [-0.05, 0) is 31.4 Å². The summed E-state index contributed by atoms with van der Waals surface area (Å²) in [6.45, 7) is 4.07. The highest BCUT2D eigenvalue weighted by atomic mass is 32.1. The van der Waals surface area contributed by atoms with Crippen molar-refractivity contribution in [1.29, 1.82) is 0 Å². The molecule has 0 atom stereocenters. The lowest BCUT2D eigenvalue weighted by atomic mass is 10.2. The molecule has 4 nitrogen and oxygen atoms in total. The van der Waals surface area contributed by atoms with Gasteiger partial charge in [0, 0.05) is 16.6 Å². The molecule has 0 saturated heterocycles. The number of aromatic nitrogens is 2. The Morgan fingerprint density at radius 2 is 2.25 bits per heavy atom. The van der Waals surface area contributed by atoms with Crippen LogP contribution in [0.4, 0.5) is 0 Å². The van der Waals surface area contributed by atoms with Gasteiger partial charge in [0.1, 0.15) is 5.69 Å². The van der Waals surface area contributed by atoms with Gasteiger partial charge in [0.25, 0.3) is 0 Å². The number of carboxylic acid groups (broad SMARTS) is 1. The van der Waals surface area contributed by atoms with Crippen LogP contribution in [0.15, 0.2) is 23.6 Å². The van der Waals surface area contributed by atoms with Crippen LogP contribution in [0.5, 0.6) is 0 Å². The third-order valence-electron chi connectivity index (χ3n) is 3.11. The summed E-state index contributed by atoms with van der Waals surface area (Å²) in [4.78, 5) is 18.6. The van der Waals surface area contributed by atoms with Gasteiger partial charge in [0.05, 0.1) is 10.6 Å². The van der Waals surface area contributed by atoms with Gasteiger partial charge >= 0.3 is 5.97 Å². The number of aryl methyl sites for hydroxylation is 2. The van der Waals surface area contributed by atoms with Gasteiger partial charge < -0.3 is 5.11 Å². The van der Waals surface area contributed by atoms with E-state index in [0.29, 0.717) is 0 Å². The zero-order valence-corrected chi connectivity index (χ0v) is 12.6. The summed E-state index contributed by atoms with van der Waals surface area (Å²) in [6, 6.07) is 3.97. The van der Waals surface area contributed by atoms with Crippen molar-refractivity contribution in [2.24, 2.45) is 0 Å². The van der Waals surface area contributed by atoms with E-state index >= 15 is 0 Å². The van der Waals surface area contributed by atoms with Crippen molar-refractivity contribution in [2.45, 2.75) is 13.8 Å².